The van der Waals surface area contributed by atoms with Gasteiger partial charge in [0, 0.05) is 6.20 Å². The third kappa shape index (κ3) is 2.03. The molecule has 0 N–H and O–H groups in total. The molecule has 2 aromatic rings. The van der Waals surface area contributed by atoms with Gasteiger partial charge >= 0.3 is 0 Å². The van der Waals surface area contributed by atoms with Gasteiger partial charge in [-0.2, -0.15) is 0 Å². The zero-order chi connectivity index (χ0) is 10.9. The Hall–Kier alpha value is -1.71. The Morgan fingerprint density at radius 1 is 1.20 bits per heavy atom. The molecule has 4 heteroatoms. The minimum absolute atomic E-state index is 0.111. The summed E-state index contributed by atoms with van der Waals surface area (Å²) >= 11 is 0. The molecule has 0 aliphatic rings. The van der Waals surface area contributed by atoms with Crippen molar-refractivity contribution in [2.45, 2.75) is 26.2 Å². The maximum atomic E-state index is 5.06. The molecular formula is C11H13N3O. The van der Waals surface area contributed by atoms with Gasteiger partial charge in [0.15, 0.2) is 0 Å². The quantitative estimate of drug-likeness (QED) is 0.714. The summed E-state index contributed by atoms with van der Waals surface area (Å²) in [6.45, 7) is 6.45. The van der Waals surface area contributed by atoms with Gasteiger partial charge in [-0.05, 0) is 17.0 Å². The van der Waals surface area contributed by atoms with Crippen LogP contribution in [0.2, 0.25) is 0 Å². The number of nitrogens with zero attached hydrogens (tertiary/aromatic N) is 3. The van der Waals surface area contributed by atoms with Crippen LogP contribution in [0.15, 0.2) is 29.1 Å². The Labute approximate surface area is 88.4 Å². The van der Waals surface area contributed by atoms with Crippen LogP contribution in [0.1, 0.15) is 26.3 Å². The molecular weight excluding hydrogens is 190 g/mol. The fourth-order valence-corrected chi connectivity index (χ4v) is 1.25. The third-order valence-corrected chi connectivity index (χ3v) is 2.21. The first-order chi connectivity index (χ1) is 7.07. The van der Waals surface area contributed by atoms with E-state index < -0.39 is 0 Å². The lowest BCUT2D eigenvalue weighted by Gasteiger charge is -2.17. The van der Waals surface area contributed by atoms with Crippen LogP contribution in [0.5, 0.6) is 0 Å². The minimum Gasteiger partial charge on any atom is -0.422 e. The molecule has 0 amide bonds. The Morgan fingerprint density at radius 2 is 2.00 bits per heavy atom. The van der Waals surface area contributed by atoms with Gasteiger partial charge in [0.2, 0.25) is 6.39 Å². The summed E-state index contributed by atoms with van der Waals surface area (Å²) in [6, 6.07) is 3.93. The average Bonchev–Trinajstić information content (AvgIpc) is 2.69. The number of hydrogen-bond donors (Lipinski definition) is 0. The molecule has 0 spiro atoms. The van der Waals surface area contributed by atoms with Gasteiger partial charge < -0.3 is 4.42 Å². The summed E-state index contributed by atoms with van der Waals surface area (Å²) in [6.07, 6.45) is 3.15. The van der Waals surface area contributed by atoms with E-state index in [0.29, 0.717) is 11.6 Å². The Bertz CT molecular complexity index is 426. The average molecular weight is 203 g/mol. The fourth-order valence-electron chi connectivity index (χ4n) is 1.25. The van der Waals surface area contributed by atoms with Gasteiger partial charge in [0.05, 0.1) is 0 Å². The summed E-state index contributed by atoms with van der Waals surface area (Å²) in [5.74, 6) is 0.454. The Kier molecular flexibility index (Phi) is 2.26. The van der Waals surface area contributed by atoms with E-state index in [1.54, 1.807) is 0 Å². The molecule has 0 atom stereocenters. The Morgan fingerprint density at radius 3 is 2.47 bits per heavy atom. The number of rotatable bonds is 1. The second-order valence-corrected chi connectivity index (χ2v) is 4.43. The molecule has 0 fully saturated rings. The normalized spacial score (nSPS) is 11.7. The van der Waals surface area contributed by atoms with E-state index in [9.17, 15) is 0 Å². The van der Waals surface area contributed by atoms with Crippen LogP contribution < -0.4 is 0 Å². The highest BCUT2D eigenvalue weighted by Crippen LogP contribution is 2.23. The number of aromatic nitrogens is 3. The van der Waals surface area contributed by atoms with Gasteiger partial charge in [-0.15, -0.1) is 10.2 Å². The van der Waals surface area contributed by atoms with Crippen molar-refractivity contribution in [2.24, 2.45) is 0 Å². The third-order valence-electron chi connectivity index (χ3n) is 2.21. The highest BCUT2D eigenvalue weighted by atomic mass is 16.4. The molecule has 15 heavy (non-hydrogen) atoms. The van der Waals surface area contributed by atoms with Gasteiger partial charge in [-0.25, -0.2) is 0 Å². The fraction of sp³-hybridized carbons (Fsp3) is 0.364. The molecule has 2 rings (SSSR count). The van der Waals surface area contributed by atoms with E-state index in [1.165, 1.54) is 12.0 Å². The molecule has 2 heterocycles. The first-order valence-corrected chi connectivity index (χ1v) is 4.80. The summed E-state index contributed by atoms with van der Waals surface area (Å²) in [4.78, 5) is 4.29. The highest BCUT2D eigenvalue weighted by molar-refractivity contribution is 5.46. The van der Waals surface area contributed by atoms with Crippen LogP contribution in [0, 0.1) is 0 Å². The number of hydrogen-bond acceptors (Lipinski definition) is 4. The van der Waals surface area contributed by atoms with E-state index in [-0.39, 0.29) is 5.41 Å². The topological polar surface area (TPSA) is 51.8 Å². The molecule has 0 radical (unpaired) electrons. The van der Waals surface area contributed by atoms with Crippen molar-refractivity contribution in [1.82, 2.24) is 15.2 Å². The molecule has 0 bridgehead atoms. The minimum atomic E-state index is 0.111. The molecule has 2 aromatic heterocycles. The van der Waals surface area contributed by atoms with Crippen molar-refractivity contribution in [1.29, 1.82) is 0 Å². The maximum absolute atomic E-state index is 5.06. The van der Waals surface area contributed by atoms with E-state index >= 15 is 0 Å². The van der Waals surface area contributed by atoms with Crippen LogP contribution in [0.3, 0.4) is 0 Å². The van der Waals surface area contributed by atoms with Gasteiger partial charge in [0.1, 0.15) is 5.69 Å². The lowest BCUT2D eigenvalue weighted by atomic mass is 9.88. The smallest absolute Gasteiger partial charge is 0.266 e. The summed E-state index contributed by atoms with van der Waals surface area (Å²) < 4.78 is 5.06. The van der Waals surface area contributed by atoms with Crippen LogP contribution in [0.4, 0.5) is 0 Å². The van der Waals surface area contributed by atoms with E-state index in [4.69, 9.17) is 4.42 Å². The monoisotopic (exact) mass is 203 g/mol. The molecule has 78 valence electrons. The van der Waals surface area contributed by atoms with E-state index in [1.807, 2.05) is 18.3 Å². The lowest BCUT2D eigenvalue weighted by Crippen LogP contribution is -2.11. The first-order valence-electron chi connectivity index (χ1n) is 4.80. The molecule has 4 nitrogen and oxygen atoms in total. The second kappa shape index (κ2) is 3.46. The van der Waals surface area contributed by atoms with Gasteiger partial charge in [-0.3, -0.25) is 4.98 Å². The molecule has 0 saturated carbocycles. The van der Waals surface area contributed by atoms with Crippen molar-refractivity contribution in [2.75, 3.05) is 0 Å². The van der Waals surface area contributed by atoms with Crippen molar-refractivity contribution in [3.8, 4) is 11.6 Å². The van der Waals surface area contributed by atoms with Gasteiger partial charge in [-0.1, -0.05) is 26.8 Å². The van der Waals surface area contributed by atoms with Crippen molar-refractivity contribution in [3.05, 3.63) is 30.3 Å². The van der Waals surface area contributed by atoms with E-state index in [2.05, 4.69) is 36.0 Å². The summed E-state index contributed by atoms with van der Waals surface area (Å²) in [5.41, 5.74) is 2.01. The lowest BCUT2D eigenvalue weighted by molar-refractivity contribution is 0.564. The predicted octanol–water partition coefficient (Wildman–Crippen LogP) is 2.43. The van der Waals surface area contributed by atoms with Crippen molar-refractivity contribution >= 4 is 0 Å². The van der Waals surface area contributed by atoms with Crippen LogP contribution in [0.25, 0.3) is 11.6 Å². The second-order valence-electron chi connectivity index (χ2n) is 4.43. The van der Waals surface area contributed by atoms with Gasteiger partial charge in [0.25, 0.3) is 5.89 Å². The van der Waals surface area contributed by atoms with Crippen LogP contribution in [-0.2, 0) is 5.41 Å². The molecule has 0 saturated heterocycles. The SMILES string of the molecule is CC(C)(C)c1ccc(-c2nnco2)nc1. The number of pyridine rings is 1. The van der Waals surface area contributed by atoms with E-state index in [0.717, 1.165) is 0 Å². The Balaban J connectivity index is 2.33. The maximum Gasteiger partial charge on any atom is 0.266 e. The molecule has 0 unspecified atom stereocenters. The molecule has 0 aliphatic carbocycles. The van der Waals surface area contributed by atoms with Crippen molar-refractivity contribution in [3.63, 3.8) is 0 Å². The zero-order valence-corrected chi connectivity index (χ0v) is 9.06. The predicted molar refractivity (Wildman–Crippen MR) is 56.2 cm³/mol. The standard InChI is InChI=1S/C11H13N3O/c1-11(2,3)8-4-5-9(12-6-8)10-14-13-7-15-10/h4-7H,1-3H3. The first kappa shape index (κ1) is 9.83. The van der Waals surface area contributed by atoms with Crippen molar-refractivity contribution < 1.29 is 4.42 Å². The highest BCUT2D eigenvalue weighted by Gasteiger charge is 2.14. The summed E-state index contributed by atoms with van der Waals surface area (Å²) in [5, 5.41) is 7.41. The molecule has 0 aromatic carbocycles. The zero-order valence-electron chi connectivity index (χ0n) is 9.06. The molecule has 0 aliphatic heterocycles. The van der Waals surface area contributed by atoms with Crippen LogP contribution in [-0.4, -0.2) is 15.2 Å². The summed E-state index contributed by atoms with van der Waals surface area (Å²) in [7, 11) is 0. The van der Waals surface area contributed by atoms with Crippen LogP contribution >= 0.6 is 0 Å². The largest absolute Gasteiger partial charge is 0.422 e.